The van der Waals surface area contributed by atoms with Crippen molar-refractivity contribution in [3.8, 4) is 22.9 Å². The predicted molar refractivity (Wildman–Crippen MR) is 125 cm³/mol. The number of pyridine rings is 1. The van der Waals surface area contributed by atoms with Crippen LogP contribution >= 0.6 is 0 Å². The van der Waals surface area contributed by atoms with Gasteiger partial charge in [0, 0.05) is 48.2 Å². The van der Waals surface area contributed by atoms with Crippen LogP contribution in [0.2, 0.25) is 0 Å². The fourth-order valence-electron chi connectivity index (χ4n) is 4.78. The van der Waals surface area contributed by atoms with Gasteiger partial charge in [0.05, 0.1) is 11.6 Å². The summed E-state index contributed by atoms with van der Waals surface area (Å²) in [5, 5.41) is 10.1. The van der Waals surface area contributed by atoms with Crippen LogP contribution in [0.15, 0.2) is 73.2 Å². The number of nitrogens with zero attached hydrogens (tertiary/aromatic N) is 4. The quantitative estimate of drug-likeness (QED) is 0.399. The number of likely N-dealkylation sites (tertiary alicyclic amines) is 1. The molecule has 0 bridgehead atoms. The monoisotopic (exact) mass is 424 g/mol. The van der Waals surface area contributed by atoms with Crippen LogP contribution in [0.4, 0.5) is 4.39 Å². The Hall–Kier alpha value is -3.49. The number of aromatic nitrogens is 2. The molecular formula is C27H25FN4. The normalized spacial score (nSPS) is 15.1. The van der Waals surface area contributed by atoms with Crippen molar-refractivity contribution in [2.45, 2.75) is 25.2 Å². The minimum Gasteiger partial charge on any atom is -0.316 e. The molecule has 2 aromatic heterocycles. The van der Waals surface area contributed by atoms with Gasteiger partial charge in [-0.1, -0.05) is 12.1 Å². The van der Waals surface area contributed by atoms with Crippen molar-refractivity contribution in [3.63, 3.8) is 0 Å². The fourth-order valence-corrected chi connectivity index (χ4v) is 4.78. The zero-order valence-electron chi connectivity index (χ0n) is 17.9. The van der Waals surface area contributed by atoms with E-state index in [0.717, 1.165) is 54.8 Å². The molecular weight excluding hydrogens is 399 g/mol. The van der Waals surface area contributed by atoms with Gasteiger partial charge in [0.25, 0.3) is 0 Å². The maximum absolute atomic E-state index is 13.5. The molecule has 4 aromatic rings. The third kappa shape index (κ3) is 4.02. The molecule has 1 aliphatic heterocycles. The number of halogens is 1. The zero-order valence-corrected chi connectivity index (χ0v) is 17.9. The molecule has 160 valence electrons. The van der Waals surface area contributed by atoms with E-state index in [9.17, 15) is 4.39 Å². The smallest absolute Gasteiger partial charge is 0.123 e. The summed E-state index contributed by atoms with van der Waals surface area (Å²) in [4.78, 5) is 6.67. The minimum absolute atomic E-state index is 0.228. The number of fused-ring (bicyclic) bond motifs is 1. The molecule has 0 N–H and O–H groups in total. The number of hydrogen-bond acceptors (Lipinski definition) is 3. The third-order valence-electron chi connectivity index (χ3n) is 6.50. The summed E-state index contributed by atoms with van der Waals surface area (Å²) >= 11 is 0. The van der Waals surface area contributed by atoms with E-state index >= 15 is 0 Å². The van der Waals surface area contributed by atoms with Gasteiger partial charge in [-0.05, 0) is 85.4 Å². The van der Waals surface area contributed by atoms with E-state index in [2.05, 4.69) is 51.0 Å². The molecule has 5 rings (SSSR count). The van der Waals surface area contributed by atoms with Crippen LogP contribution in [-0.2, 0) is 0 Å². The lowest BCUT2D eigenvalue weighted by Crippen LogP contribution is -2.33. The van der Waals surface area contributed by atoms with Crippen molar-refractivity contribution < 1.29 is 4.39 Å². The van der Waals surface area contributed by atoms with Crippen LogP contribution in [0, 0.1) is 17.1 Å². The Morgan fingerprint density at radius 2 is 1.84 bits per heavy atom. The highest BCUT2D eigenvalue weighted by molar-refractivity contribution is 5.90. The maximum Gasteiger partial charge on any atom is 0.123 e. The second-order valence-electron chi connectivity index (χ2n) is 8.43. The Morgan fingerprint density at radius 3 is 2.56 bits per heavy atom. The highest BCUT2D eigenvalue weighted by Crippen LogP contribution is 2.37. The summed E-state index contributed by atoms with van der Waals surface area (Å²) in [7, 11) is 0. The molecule has 0 unspecified atom stereocenters. The first-order valence-corrected chi connectivity index (χ1v) is 11.1. The van der Waals surface area contributed by atoms with Crippen LogP contribution in [0.25, 0.3) is 27.7 Å². The van der Waals surface area contributed by atoms with Gasteiger partial charge in [0.1, 0.15) is 5.82 Å². The predicted octanol–water partition coefficient (Wildman–Crippen LogP) is 5.92. The average Bonchev–Trinajstić information content (AvgIpc) is 3.23. The van der Waals surface area contributed by atoms with Gasteiger partial charge >= 0.3 is 0 Å². The highest BCUT2D eigenvalue weighted by atomic mass is 19.1. The molecule has 1 aliphatic rings. The number of benzene rings is 2. The first-order valence-electron chi connectivity index (χ1n) is 11.1. The van der Waals surface area contributed by atoms with E-state index in [-0.39, 0.29) is 5.82 Å². The fraction of sp³-hybridized carbons (Fsp3) is 0.259. The van der Waals surface area contributed by atoms with Crippen LogP contribution in [0.5, 0.6) is 0 Å². The largest absolute Gasteiger partial charge is 0.316 e. The van der Waals surface area contributed by atoms with Crippen LogP contribution in [0.1, 0.15) is 30.7 Å². The molecule has 0 spiro atoms. The van der Waals surface area contributed by atoms with E-state index in [1.165, 1.54) is 23.1 Å². The summed E-state index contributed by atoms with van der Waals surface area (Å²) < 4.78 is 15.7. The van der Waals surface area contributed by atoms with Crippen molar-refractivity contribution in [2.24, 2.45) is 0 Å². The van der Waals surface area contributed by atoms with E-state index in [0.29, 0.717) is 12.3 Å². The zero-order chi connectivity index (χ0) is 21.9. The molecule has 4 nitrogen and oxygen atoms in total. The summed E-state index contributed by atoms with van der Waals surface area (Å²) in [6, 6.07) is 19.5. The number of piperidine rings is 1. The molecule has 2 aromatic carbocycles. The Bertz CT molecular complexity index is 1250. The van der Waals surface area contributed by atoms with Crippen LogP contribution in [0.3, 0.4) is 0 Å². The van der Waals surface area contributed by atoms with Crippen molar-refractivity contribution in [1.29, 1.82) is 5.26 Å². The molecule has 3 heterocycles. The molecule has 1 saturated heterocycles. The standard InChI is InChI=1S/C27H25FN4/c28-23-5-7-24(8-6-23)32-19-26(20-10-15-31(16-11-20)14-2-12-29)25-17-21(4-9-27(25)32)22-3-1-13-30-18-22/h1,3-9,13,17-20H,2,10-11,14-16H2. The van der Waals surface area contributed by atoms with Gasteiger partial charge in [-0.25, -0.2) is 4.39 Å². The molecule has 0 radical (unpaired) electrons. The number of nitriles is 1. The number of hydrogen-bond donors (Lipinski definition) is 0. The third-order valence-corrected chi connectivity index (χ3v) is 6.50. The summed E-state index contributed by atoms with van der Waals surface area (Å²) in [5.74, 6) is 0.232. The molecule has 0 saturated carbocycles. The molecule has 5 heteroatoms. The molecule has 0 aliphatic carbocycles. The first-order chi connectivity index (χ1) is 15.7. The average molecular weight is 425 g/mol. The van der Waals surface area contributed by atoms with E-state index < -0.39 is 0 Å². The van der Waals surface area contributed by atoms with Crippen molar-refractivity contribution >= 4 is 10.9 Å². The maximum atomic E-state index is 13.5. The Balaban J connectivity index is 1.56. The summed E-state index contributed by atoms with van der Waals surface area (Å²) in [5.41, 5.74) is 5.68. The van der Waals surface area contributed by atoms with Gasteiger partial charge in [-0.3, -0.25) is 4.98 Å². The topological polar surface area (TPSA) is 44.9 Å². The van der Waals surface area contributed by atoms with Gasteiger partial charge in [-0.2, -0.15) is 5.26 Å². The Labute approximate surface area is 187 Å². The lowest BCUT2D eigenvalue weighted by Gasteiger charge is -2.31. The summed E-state index contributed by atoms with van der Waals surface area (Å²) in [6.07, 6.45) is 8.66. The second kappa shape index (κ2) is 8.94. The highest BCUT2D eigenvalue weighted by Gasteiger charge is 2.24. The van der Waals surface area contributed by atoms with E-state index in [4.69, 9.17) is 5.26 Å². The van der Waals surface area contributed by atoms with Crippen LogP contribution in [-0.4, -0.2) is 34.1 Å². The Kier molecular flexibility index (Phi) is 5.70. The second-order valence-corrected chi connectivity index (χ2v) is 8.43. The van der Waals surface area contributed by atoms with Gasteiger partial charge in [-0.15, -0.1) is 0 Å². The van der Waals surface area contributed by atoms with Gasteiger partial charge in [0.2, 0.25) is 0 Å². The lowest BCUT2D eigenvalue weighted by molar-refractivity contribution is 0.217. The first kappa shape index (κ1) is 20.4. The minimum atomic E-state index is -0.228. The Morgan fingerprint density at radius 1 is 1.03 bits per heavy atom. The van der Waals surface area contributed by atoms with Crippen molar-refractivity contribution in [1.82, 2.24) is 14.5 Å². The summed E-state index contributed by atoms with van der Waals surface area (Å²) in [6.45, 7) is 2.88. The number of rotatable bonds is 5. The van der Waals surface area contributed by atoms with E-state index in [1.54, 1.807) is 6.20 Å². The van der Waals surface area contributed by atoms with Gasteiger partial charge in [0.15, 0.2) is 0 Å². The van der Waals surface area contributed by atoms with Gasteiger partial charge < -0.3 is 9.47 Å². The molecule has 0 amide bonds. The molecule has 1 fully saturated rings. The van der Waals surface area contributed by atoms with Crippen LogP contribution < -0.4 is 0 Å². The molecule has 0 atom stereocenters. The molecule has 32 heavy (non-hydrogen) atoms. The van der Waals surface area contributed by atoms with Crippen molar-refractivity contribution in [2.75, 3.05) is 19.6 Å². The van der Waals surface area contributed by atoms with E-state index in [1.807, 2.05) is 24.4 Å². The lowest BCUT2D eigenvalue weighted by atomic mass is 9.88. The van der Waals surface area contributed by atoms with Crippen molar-refractivity contribution in [3.05, 3.63) is 84.6 Å². The SMILES string of the molecule is N#CCCN1CCC(c2cn(-c3ccc(F)cc3)c3ccc(-c4cccnc4)cc23)CC1.